The molecular weight excluding hydrogens is 420 g/mol. The lowest BCUT2D eigenvalue weighted by molar-refractivity contribution is -0.121. The molecule has 0 aliphatic carbocycles. The van der Waals surface area contributed by atoms with Gasteiger partial charge >= 0.3 is 0 Å². The van der Waals surface area contributed by atoms with Crippen LogP contribution in [-0.2, 0) is 21.4 Å². The van der Waals surface area contributed by atoms with Crippen molar-refractivity contribution >= 4 is 15.9 Å². The zero-order valence-corrected chi connectivity index (χ0v) is 19.4. The monoisotopic (exact) mass is 450 g/mol. The third-order valence-corrected chi connectivity index (χ3v) is 6.67. The van der Waals surface area contributed by atoms with Gasteiger partial charge in [-0.1, -0.05) is 13.0 Å². The molecule has 0 bridgehead atoms. The molecule has 0 radical (unpaired) electrons. The minimum absolute atomic E-state index is 0.120. The number of rotatable bonds is 11. The average Bonchev–Trinajstić information content (AvgIpc) is 2.76. The number of amides is 1. The number of likely N-dealkylation sites (N-methyl/N-ethyl adjacent to an activating group) is 1. The molecule has 31 heavy (non-hydrogen) atoms. The van der Waals surface area contributed by atoms with Gasteiger partial charge in [0.15, 0.2) is 0 Å². The van der Waals surface area contributed by atoms with E-state index in [-0.39, 0.29) is 24.5 Å². The summed E-state index contributed by atoms with van der Waals surface area (Å²) in [6, 6.07) is 10.00. The van der Waals surface area contributed by atoms with Crippen LogP contribution in [0.3, 0.4) is 0 Å². The third-order valence-electron chi connectivity index (χ3n) is 4.75. The Balaban J connectivity index is 2.14. The van der Waals surface area contributed by atoms with Gasteiger partial charge < -0.3 is 19.5 Å². The van der Waals surface area contributed by atoms with E-state index in [2.05, 4.69) is 5.32 Å². The molecule has 0 aliphatic rings. The fraction of sp³-hybridized carbons (Fsp3) is 0.409. The van der Waals surface area contributed by atoms with Crippen molar-refractivity contribution < 1.29 is 27.4 Å². The average molecular weight is 451 g/mol. The molecule has 1 N–H and O–H groups in total. The lowest BCUT2D eigenvalue weighted by Gasteiger charge is -2.21. The summed E-state index contributed by atoms with van der Waals surface area (Å²) in [7, 11) is -0.777. The number of benzene rings is 2. The second kappa shape index (κ2) is 11.0. The van der Waals surface area contributed by atoms with Crippen molar-refractivity contribution in [2.75, 3.05) is 33.9 Å². The van der Waals surface area contributed by atoms with Crippen molar-refractivity contribution in [1.29, 1.82) is 0 Å². The van der Waals surface area contributed by atoms with E-state index in [4.69, 9.17) is 14.2 Å². The Morgan fingerprint density at radius 3 is 2.19 bits per heavy atom. The fourth-order valence-electron chi connectivity index (χ4n) is 3.12. The van der Waals surface area contributed by atoms with Crippen LogP contribution in [0.2, 0.25) is 0 Å². The molecule has 2 aromatic carbocycles. The van der Waals surface area contributed by atoms with E-state index >= 15 is 0 Å². The van der Waals surface area contributed by atoms with E-state index in [0.717, 1.165) is 4.31 Å². The molecule has 0 heterocycles. The zero-order valence-electron chi connectivity index (χ0n) is 18.6. The number of hydrogen-bond acceptors (Lipinski definition) is 6. The number of hydrogen-bond donors (Lipinski definition) is 1. The van der Waals surface area contributed by atoms with E-state index in [1.165, 1.54) is 20.3 Å². The quantitative estimate of drug-likeness (QED) is 0.566. The lowest BCUT2D eigenvalue weighted by Crippen LogP contribution is -2.40. The molecule has 0 fully saturated rings. The van der Waals surface area contributed by atoms with Gasteiger partial charge in [0.25, 0.3) is 0 Å². The van der Waals surface area contributed by atoms with E-state index < -0.39 is 15.9 Å². The van der Waals surface area contributed by atoms with Gasteiger partial charge in [0.2, 0.25) is 15.9 Å². The second-order valence-corrected chi connectivity index (χ2v) is 8.65. The number of ether oxygens (including phenoxy) is 3. The first-order valence-corrected chi connectivity index (χ1v) is 11.4. The molecular formula is C22H30N2O6S. The van der Waals surface area contributed by atoms with Gasteiger partial charge in [0.1, 0.15) is 17.2 Å². The van der Waals surface area contributed by atoms with Gasteiger partial charge in [-0.2, -0.15) is 4.31 Å². The van der Waals surface area contributed by atoms with Crippen LogP contribution in [0.4, 0.5) is 0 Å². The fourth-order valence-corrected chi connectivity index (χ4v) is 4.61. The summed E-state index contributed by atoms with van der Waals surface area (Å²) in [5.41, 5.74) is 1.39. The molecule has 0 saturated carbocycles. The minimum Gasteiger partial charge on any atom is -0.496 e. The highest BCUT2D eigenvalue weighted by Crippen LogP contribution is 2.28. The SMILES string of the molecule is CCOc1ccc(S(=O)(=O)N(CC)CC(=O)NCc2c(OC)cccc2OC)cc1C. The Morgan fingerprint density at radius 1 is 1.03 bits per heavy atom. The number of nitrogens with zero attached hydrogens (tertiary/aromatic N) is 1. The summed E-state index contributed by atoms with van der Waals surface area (Å²) >= 11 is 0. The van der Waals surface area contributed by atoms with Crippen LogP contribution < -0.4 is 19.5 Å². The van der Waals surface area contributed by atoms with Gasteiger partial charge in [0, 0.05) is 6.54 Å². The van der Waals surface area contributed by atoms with Gasteiger partial charge in [0.05, 0.1) is 44.4 Å². The summed E-state index contributed by atoms with van der Waals surface area (Å²) in [6.07, 6.45) is 0. The number of aryl methyl sites for hydroxylation is 1. The standard InChI is InChI=1S/C22H30N2O6S/c1-6-24(31(26,27)17-11-12-19(30-7-2)16(3)13-17)15-22(25)23-14-18-20(28-4)9-8-10-21(18)29-5/h8-13H,6-7,14-15H2,1-5H3,(H,23,25). The van der Waals surface area contributed by atoms with Gasteiger partial charge in [-0.05, 0) is 49.7 Å². The topological polar surface area (TPSA) is 94.2 Å². The van der Waals surface area contributed by atoms with E-state index in [1.807, 2.05) is 6.92 Å². The van der Waals surface area contributed by atoms with Crippen molar-refractivity contribution in [2.45, 2.75) is 32.2 Å². The van der Waals surface area contributed by atoms with Crippen LogP contribution in [0.1, 0.15) is 25.0 Å². The van der Waals surface area contributed by atoms with E-state index in [1.54, 1.807) is 44.2 Å². The minimum atomic E-state index is -3.84. The Labute approximate surface area is 184 Å². The summed E-state index contributed by atoms with van der Waals surface area (Å²) < 4.78 is 43.4. The van der Waals surface area contributed by atoms with Crippen LogP contribution >= 0.6 is 0 Å². The van der Waals surface area contributed by atoms with Crippen molar-refractivity contribution in [3.05, 3.63) is 47.5 Å². The summed E-state index contributed by atoms with van der Waals surface area (Å²) in [5, 5.41) is 2.75. The maximum Gasteiger partial charge on any atom is 0.243 e. The molecule has 0 spiro atoms. The molecule has 0 aromatic heterocycles. The summed E-state index contributed by atoms with van der Waals surface area (Å²) in [4.78, 5) is 12.7. The highest BCUT2D eigenvalue weighted by Gasteiger charge is 2.26. The Hall–Kier alpha value is -2.78. The predicted octanol–water partition coefficient (Wildman–Crippen LogP) is 2.74. The number of methoxy groups -OCH3 is 2. The number of sulfonamides is 1. The van der Waals surface area contributed by atoms with Crippen molar-refractivity contribution in [3.63, 3.8) is 0 Å². The molecule has 1 amide bonds. The molecule has 0 aliphatic heterocycles. The van der Waals surface area contributed by atoms with Gasteiger partial charge in [-0.3, -0.25) is 4.79 Å². The Kier molecular flexibility index (Phi) is 8.70. The number of nitrogens with one attached hydrogen (secondary N) is 1. The highest BCUT2D eigenvalue weighted by atomic mass is 32.2. The van der Waals surface area contributed by atoms with Crippen molar-refractivity contribution in [3.8, 4) is 17.2 Å². The van der Waals surface area contributed by atoms with Crippen LogP contribution in [-0.4, -0.2) is 52.5 Å². The second-order valence-electron chi connectivity index (χ2n) is 6.71. The van der Waals surface area contributed by atoms with E-state index in [0.29, 0.717) is 35.0 Å². The van der Waals surface area contributed by atoms with E-state index in [9.17, 15) is 13.2 Å². The molecule has 0 unspecified atom stereocenters. The molecule has 0 saturated heterocycles. The largest absolute Gasteiger partial charge is 0.496 e. The molecule has 2 aromatic rings. The normalized spacial score (nSPS) is 11.3. The van der Waals surface area contributed by atoms with Crippen LogP contribution in [0.25, 0.3) is 0 Å². The molecule has 170 valence electrons. The van der Waals surface area contributed by atoms with Crippen molar-refractivity contribution in [2.24, 2.45) is 0 Å². The molecule has 8 nitrogen and oxygen atoms in total. The molecule has 2 rings (SSSR count). The van der Waals surface area contributed by atoms with Crippen LogP contribution in [0.5, 0.6) is 17.2 Å². The first-order chi connectivity index (χ1) is 14.8. The van der Waals surface area contributed by atoms with Crippen LogP contribution in [0, 0.1) is 6.92 Å². The molecule has 9 heteroatoms. The predicted molar refractivity (Wildman–Crippen MR) is 118 cm³/mol. The first-order valence-electron chi connectivity index (χ1n) is 9.98. The van der Waals surface area contributed by atoms with Crippen LogP contribution in [0.15, 0.2) is 41.3 Å². The smallest absolute Gasteiger partial charge is 0.243 e. The Bertz CT molecular complexity index is 985. The number of carbonyl (C=O) groups is 1. The first kappa shape index (κ1) is 24.5. The maximum atomic E-state index is 13.1. The third kappa shape index (κ3) is 5.89. The molecule has 0 atom stereocenters. The summed E-state index contributed by atoms with van der Waals surface area (Å²) in [6.45, 7) is 5.82. The highest BCUT2D eigenvalue weighted by molar-refractivity contribution is 7.89. The Morgan fingerprint density at radius 2 is 1.68 bits per heavy atom. The van der Waals surface area contributed by atoms with Crippen molar-refractivity contribution in [1.82, 2.24) is 9.62 Å². The van der Waals surface area contributed by atoms with Gasteiger partial charge in [-0.25, -0.2) is 8.42 Å². The number of carbonyl (C=O) groups excluding carboxylic acids is 1. The van der Waals surface area contributed by atoms with Gasteiger partial charge in [-0.15, -0.1) is 0 Å². The lowest BCUT2D eigenvalue weighted by atomic mass is 10.1. The maximum absolute atomic E-state index is 13.1. The summed E-state index contributed by atoms with van der Waals surface area (Å²) in [5.74, 6) is 1.35. The zero-order chi connectivity index (χ0) is 23.0.